The topological polar surface area (TPSA) is 36.9 Å². The van der Waals surface area contributed by atoms with E-state index in [1.807, 2.05) is 6.08 Å². The van der Waals surface area contributed by atoms with Crippen LogP contribution in [0.25, 0.3) is 0 Å². The number of nitrogens with zero attached hydrogens (tertiary/aromatic N) is 2. The van der Waals surface area contributed by atoms with Crippen LogP contribution < -0.4 is 5.32 Å². The van der Waals surface area contributed by atoms with E-state index in [-0.39, 0.29) is 30.1 Å². The number of aryl methyl sites for hydroxylation is 2. The molecule has 128 valence electrons. The van der Waals surface area contributed by atoms with Gasteiger partial charge in [0.25, 0.3) is 0 Å². The SMILES string of the molecule is C=CCN=C(NCC)N1CCOC(c2ccc(C)cc2C)C1.I. The van der Waals surface area contributed by atoms with Crippen LogP contribution in [-0.4, -0.2) is 43.6 Å². The highest BCUT2D eigenvalue weighted by molar-refractivity contribution is 14.0. The summed E-state index contributed by atoms with van der Waals surface area (Å²) < 4.78 is 6.00. The van der Waals surface area contributed by atoms with Crippen molar-refractivity contribution in [1.82, 2.24) is 10.2 Å². The van der Waals surface area contributed by atoms with E-state index < -0.39 is 0 Å². The van der Waals surface area contributed by atoms with Crippen molar-refractivity contribution in [3.63, 3.8) is 0 Å². The fraction of sp³-hybridized carbons (Fsp3) is 0.500. The summed E-state index contributed by atoms with van der Waals surface area (Å²) in [6.07, 6.45) is 1.92. The first kappa shape index (κ1) is 20.0. The van der Waals surface area contributed by atoms with Crippen LogP contribution in [-0.2, 0) is 4.74 Å². The third-order valence-electron chi connectivity index (χ3n) is 3.84. The lowest BCUT2D eigenvalue weighted by Gasteiger charge is -2.35. The molecule has 2 rings (SSSR count). The first-order valence-corrected chi connectivity index (χ1v) is 7.98. The molecule has 1 unspecified atom stereocenters. The highest BCUT2D eigenvalue weighted by Gasteiger charge is 2.25. The Kier molecular flexibility index (Phi) is 8.62. The molecule has 23 heavy (non-hydrogen) atoms. The lowest BCUT2D eigenvalue weighted by Crippen LogP contribution is -2.48. The Morgan fingerprint density at radius 1 is 1.48 bits per heavy atom. The summed E-state index contributed by atoms with van der Waals surface area (Å²) in [4.78, 5) is 6.86. The normalized spacial score (nSPS) is 18.3. The van der Waals surface area contributed by atoms with E-state index in [4.69, 9.17) is 4.74 Å². The van der Waals surface area contributed by atoms with Crippen molar-refractivity contribution < 1.29 is 4.74 Å². The van der Waals surface area contributed by atoms with E-state index in [1.165, 1.54) is 16.7 Å². The predicted molar refractivity (Wildman–Crippen MR) is 108 cm³/mol. The summed E-state index contributed by atoms with van der Waals surface area (Å²) in [5.74, 6) is 0.945. The average Bonchev–Trinajstić information content (AvgIpc) is 2.51. The van der Waals surface area contributed by atoms with Crippen LogP contribution in [0.5, 0.6) is 0 Å². The smallest absolute Gasteiger partial charge is 0.194 e. The Balaban J connectivity index is 0.00000264. The van der Waals surface area contributed by atoms with E-state index in [0.717, 1.165) is 32.2 Å². The van der Waals surface area contributed by atoms with Gasteiger partial charge in [-0.2, -0.15) is 0 Å². The Labute approximate surface area is 157 Å². The molecule has 0 aromatic heterocycles. The summed E-state index contributed by atoms with van der Waals surface area (Å²) in [5, 5.41) is 3.36. The molecule has 1 aliphatic heterocycles. The van der Waals surface area contributed by atoms with Crippen LogP contribution in [0.4, 0.5) is 0 Å². The Morgan fingerprint density at radius 2 is 2.26 bits per heavy atom. The minimum atomic E-state index is 0. The van der Waals surface area contributed by atoms with Crippen molar-refractivity contribution in [2.24, 2.45) is 4.99 Å². The average molecular weight is 429 g/mol. The van der Waals surface area contributed by atoms with Crippen LogP contribution >= 0.6 is 24.0 Å². The molecule has 1 N–H and O–H groups in total. The first-order chi connectivity index (χ1) is 10.7. The molecule has 0 saturated carbocycles. The second-order valence-electron chi connectivity index (χ2n) is 5.65. The molecule has 0 aliphatic carbocycles. The van der Waals surface area contributed by atoms with Gasteiger partial charge in [-0.3, -0.25) is 0 Å². The lowest BCUT2D eigenvalue weighted by molar-refractivity contribution is -0.00831. The van der Waals surface area contributed by atoms with E-state index >= 15 is 0 Å². The van der Waals surface area contributed by atoms with E-state index in [1.54, 1.807) is 0 Å². The van der Waals surface area contributed by atoms with Gasteiger partial charge in [0.05, 0.1) is 19.7 Å². The molecule has 1 aromatic carbocycles. The van der Waals surface area contributed by atoms with Crippen molar-refractivity contribution >= 4 is 29.9 Å². The monoisotopic (exact) mass is 429 g/mol. The molecule has 0 amide bonds. The second-order valence-corrected chi connectivity index (χ2v) is 5.65. The quantitative estimate of drug-likeness (QED) is 0.345. The Hall–Kier alpha value is -1.08. The summed E-state index contributed by atoms with van der Waals surface area (Å²) in [6, 6.07) is 6.56. The molecular weight excluding hydrogens is 401 g/mol. The van der Waals surface area contributed by atoms with Gasteiger partial charge in [-0.1, -0.05) is 29.8 Å². The molecular formula is C18H28IN3O. The van der Waals surface area contributed by atoms with E-state index in [9.17, 15) is 0 Å². The van der Waals surface area contributed by atoms with Crippen molar-refractivity contribution in [1.29, 1.82) is 0 Å². The lowest BCUT2D eigenvalue weighted by atomic mass is 10.00. The number of halogens is 1. The number of hydrogen-bond acceptors (Lipinski definition) is 2. The highest BCUT2D eigenvalue weighted by atomic mass is 127. The molecule has 1 aliphatic rings. The van der Waals surface area contributed by atoms with Crippen molar-refractivity contribution in [2.45, 2.75) is 26.9 Å². The van der Waals surface area contributed by atoms with Gasteiger partial charge < -0.3 is 15.0 Å². The van der Waals surface area contributed by atoms with Crippen LogP contribution in [0.2, 0.25) is 0 Å². The first-order valence-electron chi connectivity index (χ1n) is 7.98. The molecule has 1 heterocycles. The molecule has 4 nitrogen and oxygen atoms in total. The number of guanidine groups is 1. The minimum Gasteiger partial charge on any atom is -0.370 e. The highest BCUT2D eigenvalue weighted by Crippen LogP contribution is 2.25. The minimum absolute atomic E-state index is 0. The maximum atomic E-state index is 6.00. The molecule has 1 atom stereocenters. The molecule has 1 saturated heterocycles. The number of aliphatic imine (C=N–C) groups is 1. The van der Waals surface area contributed by atoms with Gasteiger partial charge in [0.1, 0.15) is 6.10 Å². The van der Waals surface area contributed by atoms with Gasteiger partial charge in [0.2, 0.25) is 0 Å². The van der Waals surface area contributed by atoms with Crippen molar-refractivity contribution in [3.8, 4) is 0 Å². The van der Waals surface area contributed by atoms with Gasteiger partial charge >= 0.3 is 0 Å². The third kappa shape index (κ3) is 5.49. The molecule has 1 fully saturated rings. The van der Waals surface area contributed by atoms with Gasteiger partial charge in [0, 0.05) is 13.1 Å². The summed E-state index contributed by atoms with van der Waals surface area (Å²) in [5.41, 5.74) is 3.85. The fourth-order valence-corrected chi connectivity index (χ4v) is 2.79. The number of hydrogen-bond donors (Lipinski definition) is 1. The van der Waals surface area contributed by atoms with Gasteiger partial charge in [0.15, 0.2) is 5.96 Å². The summed E-state index contributed by atoms with van der Waals surface area (Å²) >= 11 is 0. The van der Waals surface area contributed by atoms with E-state index in [0.29, 0.717) is 6.54 Å². The third-order valence-corrected chi connectivity index (χ3v) is 3.84. The van der Waals surface area contributed by atoms with Crippen LogP contribution in [0.3, 0.4) is 0 Å². The maximum Gasteiger partial charge on any atom is 0.194 e. The summed E-state index contributed by atoms with van der Waals surface area (Å²) in [6.45, 7) is 14.0. The second kappa shape index (κ2) is 9.93. The number of nitrogens with one attached hydrogen (secondary N) is 1. The zero-order valence-corrected chi connectivity index (χ0v) is 16.7. The van der Waals surface area contributed by atoms with Gasteiger partial charge in [-0.25, -0.2) is 4.99 Å². The standard InChI is InChI=1S/C18H27N3O.HI/c1-5-9-20-18(19-6-2)21-10-11-22-17(13-21)16-8-7-14(3)12-15(16)4;/h5,7-8,12,17H,1,6,9-11,13H2,2-4H3,(H,19,20);1H. The molecule has 0 spiro atoms. The van der Waals surface area contributed by atoms with Gasteiger partial charge in [-0.05, 0) is 31.9 Å². The molecule has 1 aromatic rings. The zero-order valence-electron chi connectivity index (χ0n) is 14.3. The Morgan fingerprint density at radius 3 is 2.91 bits per heavy atom. The van der Waals surface area contributed by atoms with Crippen molar-refractivity contribution in [3.05, 3.63) is 47.5 Å². The number of ether oxygens (including phenoxy) is 1. The Bertz CT molecular complexity index is 545. The molecule has 0 radical (unpaired) electrons. The number of morpholine rings is 1. The number of rotatable bonds is 4. The molecule has 5 heteroatoms. The van der Waals surface area contributed by atoms with Crippen LogP contribution in [0, 0.1) is 13.8 Å². The largest absolute Gasteiger partial charge is 0.370 e. The predicted octanol–water partition coefficient (Wildman–Crippen LogP) is 3.45. The van der Waals surface area contributed by atoms with Crippen molar-refractivity contribution in [2.75, 3.05) is 32.8 Å². The molecule has 0 bridgehead atoms. The zero-order chi connectivity index (χ0) is 15.9. The van der Waals surface area contributed by atoms with Crippen LogP contribution in [0.15, 0.2) is 35.8 Å². The maximum absolute atomic E-state index is 6.00. The fourth-order valence-electron chi connectivity index (χ4n) is 2.79. The number of benzene rings is 1. The van der Waals surface area contributed by atoms with Crippen LogP contribution in [0.1, 0.15) is 29.7 Å². The summed E-state index contributed by atoms with van der Waals surface area (Å²) in [7, 11) is 0. The van der Waals surface area contributed by atoms with E-state index in [2.05, 4.69) is 60.8 Å². The van der Waals surface area contributed by atoms with Gasteiger partial charge in [-0.15, -0.1) is 30.6 Å².